The number of amides is 2. The highest BCUT2D eigenvalue weighted by molar-refractivity contribution is 5.96. The van der Waals surface area contributed by atoms with Gasteiger partial charge >= 0.3 is 0 Å². The summed E-state index contributed by atoms with van der Waals surface area (Å²) in [6, 6.07) is 16.7. The van der Waals surface area contributed by atoms with Crippen molar-refractivity contribution in [1.82, 2.24) is 10.6 Å². The number of carbonyl (C=O) groups is 2. The molecule has 0 bridgehead atoms. The predicted molar refractivity (Wildman–Crippen MR) is 94.4 cm³/mol. The van der Waals surface area contributed by atoms with Gasteiger partial charge in [-0.1, -0.05) is 30.3 Å². The van der Waals surface area contributed by atoms with Gasteiger partial charge in [-0.2, -0.15) is 0 Å². The smallest absolute Gasteiger partial charge is 0.229 e. The zero-order valence-electron chi connectivity index (χ0n) is 14.2. The number of rotatable bonds is 9. The molecule has 2 aromatic rings. The van der Waals surface area contributed by atoms with Gasteiger partial charge in [-0.3, -0.25) is 9.59 Å². The minimum Gasteiger partial charge on any atom is -0.497 e. The summed E-state index contributed by atoms with van der Waals surface area (Å²) in [6.07, 6.45) is -0.199. The van der Waals surface area contributed by atoms with Crippen molar-refractivity contribution in [1.29, 1.82) is 0 Å². The largest absolute Gasteiger partial charge is 0.497 e. The quantitative estimate of drug-likeness (QED) is 0.539. The van der Waals surface area contributed by atoms with Crippen molar-refractivity contribution in [2.24, 2.45) is 0 Å². The lowest BCUT2D eigenvalue weighted by Gasteiger charge is -2.09. The molecule has 6 heteroatoms. The van der Waals surface area contributed by atoms with Crippen LogP contribution in [0.15, 0.2) is 54.6 Å². The third kappa shape index (κ3) is 6.95. The van der Waals surface area contributed by atoms with Crippen molar-refractivity contribution in [2.45, 2.75) is 13.0 Å². The van der Waals surface area contributed by atoms with Crippen LogP contribution in [0.2, 0.25) is 0 Å². The summed E-state index contributed by atoms with van der Waals surface area (Å²) in [7, 11) is 1.60. The van der Waals surface area contributed by atoms with E-state index in [1.807, 2.05) is 30.3 Å². The summed E-state index contributed by atoms with van der Waals surface area (Å²) in [6.45, 7) is 1.06. The van der Waals surface area contributed by atoms with Gasteiger partial charge in [0, 0.05) is 6.54 Å². The van der Waals surface area contributed by atoms with E-state index >= 15 is 0 Å². The highest BCUT2D eigenvalue weighted by Crippen LogP contribution is 2.16. The molecule has 0 unspecified atom stereocenters. The topological polar surface area (TPSA) is 76.7 Å². The van der Waals surface area contributed by atoms with E-state index in [9.17, 15) is 9.59 Å². The number of methoxy groups -OCH3 is 1. The maximum atomic E-state index is 11.7. The highest BCUT2D eigenvalue weighted by atomic mass is 16.5. The average molecular weight is 342 g/mol. The van der Waals surface area contributed by atoms with Crippen LogP contribution < -0.4 is 20.1 Å². The first-order valence-corrected chi connectivity index (χ1v) is 8.01. The van der Waals surface area contributed by atoms with Crippen LogP contribution in [-0.2, 0) is 16.1 Å². The molecular weight excluding hydrogens is 320 g/mol. The molecule has 0 aromatic heterocycles. The Morgan fingerprint density at radius 2 is 1.52 bits per heavy atom. The number of benzene rings is 2. The van der Waals surface area contributed by atoms with Crippen LogP contribution >= 0.6 is 0 Å². The molecule has 0 aliphatic carbocycles. The molecule has 2 aromatic carbocycles. The van der Waals surface area contributed by atoms with Crippen LogP contribution in [0.5, 0.6) is 11.5 Å². The molecule has 0 aliphatic heterocycles. The Bertz CT molecular complexity index is 672. The van der Waals surface area contributed by atoms with E-state index in [2.05, 4.69) is 10.6 Å². The van der Waals surface area contributed by atoms with E-state index in [1.165, 1.54) is 0 Å². The molecule has 0 aliphatic rings. The monoisotopic (exact) mass is 342 g/mol. The van der Waals surface area contributed by atoms with Crippen LogP contribution in [0.1, 0.15) is 12.0 Å². The number of hydrogen-bond acceptors (Lipinski definition) is 4. The number of hydrogen-bond donors (Lipinski definition) is 2. The van der Waals surface area contributed by atoms with Crippen molar-refractivity contribution < 1.29 is 19.1 Å². The molecular formula is C19H22N2O4. The molecule has 25 heavy (non-hydrogen) atoms. The molecule has 2 amide bonds. The van der Waals surface area contributed by atoms with E-state index in [1.54, 1.807) is 31.4 Å². The van der Waals surface area contributed by atoms with Crippen LogP contribution in [0.4, 0.5) is 0 Å². The van der Waals surface area contributed by atoms with Crippen molar-refractivity contribution in [3.8, 4) is 11.5 Å². The molecule has 0 spiro atoms. The molecule has 2 N–H and O–H groups in total. The minimum atomic E-state index is -0.330. The Morgan fingerprint density at radius 1 is 0.880 bits per heavy atom. The van der Waals surface area contributed by atoms with E-state index in [0.717, 1.165) is 11.3 Å². The zero-order chi connectivity index (χ0) is 17.9. The highest BCUT2D eigenvalue weighted by Gasteiger charge is 2.08. The van der Waals surface area contributed by atoms with Gasteiger partial charge in [0.15, 0.2) is 0 Å². The number of carbonyl (C=O) groups excluding carboxylic acids is 2. The number of nitrogens with one attached hydrogen (secondary N) is 2. The van der Waals surface area contributed by atoms with Crippen molar-refractivity contribution >= 4 is 11.8 Å². The van der Waals surface area contributed by atoms with Crippen LogP contribution in [0.25, 0.3) is 0 Å². The first-order valence-electron chi connectivity index (χ1n) is 8.01. The normalized spacial score (nSPS) is 9.96. The SMILES string of the molecule is COc1ccc(OCCNC(=O)CC(=O)NCc2ccccc2)cc1. The molecule has 6 nitrogen and oxygen atoms in total. The fourth-order valence-corrected chi connectivity index (χ4v) is 2.10. The van der Waals surface area contributed by atoms with Gasteiger partial charge < -0.3 is 20.1 Å². The van der Waals surface area contributed by atoms with E-state index in [4.69, 9.17) is 9.47 Å². The predicted octanol–water partition coefficient (Wildman–Crippen LogP) is 1.90. The minimum absolute atomic E-state index is 0.199. The summed E-state index contributed by atoms with van der Waals surface area (Å²) in [4.78, 5) is 23.4. The fraction of sp³-hybridized carbons (Fsp3) is 0.263. The summed E-state index contributed by atoms with van der Waals surface area (Å²) < 4.78 is 10.6. The van der Waals surface area contributed by atoms with E-state index in [0.29, 0.717) is 25.4 Å². The van der Waals surface area contributed by atoms with Gasteiger partial charge in [0.25, 0.3) is 0 Å². The summed E-state index contributed by atoms with van der Waals surface area (Å²) in [5.74, 6) is 0.805. The van der Waals surface area contributed by atoms with Gasteiger partial charge in [0.05, 0.1) is 13.7 Å². The van der Waals surface area contributed by atoms with Crippen LogP contribution in [-0.4, -0.2) is 32.1 Å². The van der Waals surface area contributed by atoms with Gasteiger partial charge in [-0.25, -0.2) is 0 Å². The Hall–Kier alpha value is -3.02. The Kier molecular flexibility index (Phi) is 7.31. The molecule has 2 rings (SSSR count). The molecule has 132 valence electrons. The van der Waals surface area contributed by atoms with Crippen molar-refractivity contribution in [2.75, 3.05) is 20.3 Å². The summed E-state index contributed by atoms with van der Waals surface area (Å²) in [5, 5.41) is 5.37. The maximum absolute atomic E-state index is 11.7. The van der Waals surface area contributed by atoms with Crippen molar-refractivity contribution in [3.63, 3.8) is 0 Å². The van der Waals surface area contributed by atoms with Gasteiger partial charge in [0.2, 0.25) is 11.8 Å². The Morgan fingerprint density at radius 3 is 2.20 bits per heavy atom. The number of ether oxygens (including phenoxy) is 2. The van der Waals surface area contributed by atoms with E-state index in [-0.39, 0.29) is 18.2 Å². The van der Waals surface area contributed by atoms with Crippen LogP contribution in [0, 0.1) is 0 Å². The van der Waals surface area contributed by atoms with E-state index < -0.39 is 0 Å². The first kappa shape index (κ1) is 18.3. The standard InChI is InChI=1S/C19H22N2O4/c1-24-16-7-9-17(10-8-16)25-12-11-20-18(22)13-19(23)21-14-15-5-3-2-4-6-15/h2-10H,11-14H2,1H3,(H,20,22)(H,21,23). The second-order valence-corrected chi connectivity index (χ2v) is 5.31. The van der Waals surface area contributed by atoms with Gasteiger partial charge in [0.1, 0.15) is 24.5 Å². The molecule has 0 radical (unpaired) electrons. The average Bonchev–Trinajstić information content (AvgIpc) is 2.65. The third-order valence-electron chi connectivity index (χ3n) is 3.41. The third-order valence-corrected chi connectivity index (χ3v) is 3.41. The second kappa shape index (κ2) is 9.97. The second-order valence-electron chi connectivity index (χ2n) is 5.31. The summed E-state index contributed by atoms with van der Waals surface area (Å²) >= 11 is 0. The maximum Gasteiger partial charge on any atom is 0.229 e. The van der Waals surface area contributed by atoms with Crippen LogP contribution in [0.3, 0.4) is 0 Å². The Labute approximate surface area is 147 Å². The fourth-order valence-electron chi connectivity index (χ4n) is 2.10. The van der Waals surface area contributed by atoms with Crippen molar-refractivity contribution in [3.05, 3.63) is 60.2 Å². The Balaban J connectivity index is 1.59. The lowest BCUT2D eigenvalue weighted by molar-refractivity contribution is -0.129. The molecule has 0 saturated heterocycles. The molecule has 0 heterocycles. The molecule has 0 fully saturated rings. The first-order chi connectivity index (χ1) is 12.2. The molecule has 0 saturated carbocycles. The van der Waals surface area contributed by atoms with Gasteiger partial charge in [-0.15, -0.1) is 0 Å². The summed E-state index contributed by atoms with van der Waals surface area (Å²) in [5.41, 5.74) is 0.990. The lowest BCUT2D eigenvalue weighted by Crippen LogP contribution is -2.33. The zero-order valence-corrected chi connectivity index (χ0v) is 14.2. The lowest BCUT2D eigenvalue weighted by atomic mass is 10.2. The van der Waals surface area contributed by atoms with Gasteiger partial charge in [-0.05, 0) is 29.8 Å². The molecule has 0 atom stereocenters.